The quantitative estimate of drug-likeness (QED) is 0.182. The largest absolute Gasteiger partial charge is 0.504 e. The molecule has 0 spiro atoms. The van der Waals surface area contributed by atoms with E-state index >= 15 is 0 Å². The SMILES string of the molecule is COc1ccc([C@H](OC(=O)Nc2ccc(C#N)cc2)C(C)(C)CC/C=C/C(=O)Nc2ccccc2N)cc1O. The molecular formula is C30H32N4O5. The Kier molecular flexibility index (Phi) is 9.54. The van der Waals surface area contributed by atoms with Crippen LogP contribution < -0.4 is 21.1 Å². The third-order valence-corrected chi connectivity index (χ3v) is 6.14. The van der Waals surface area contributed by atoms with Gasteiger partial charge in [0.05, 0.1) is 30.1 Å². The Morgan fingerprint density at radius 3 is 2.46 bits per heavy atom. The lowest BCUT2D eigenvalue weighted by Gasteiger charge is -2.34. The first-order valence-corrected chi connectivity index (χ1v) is 12.3. The Bertz CT molecular complexity index is 1380. The molecule has 3 aromatic carbocycles. The number of nitrogens with one attached hydrogen (secondary N) is 2. The van der Waals surface area contributed by atoms with E-state index in [0.717, 1.165) is 0 Å². The Labute approximate surface area is 227 Å². The van der Waals surface area contributed by atoms with Crippen molar-refractivity contribution in [2.24, 2.45) is 5.41 Å². The fourth-order valence-corrected chi connectivity index (χ4v) is 3.99. The summed E-state index contributed by atoms with van der Waals surface area (Å²) < 4.78 is 11.0. The van der Waals surface area contributed by atoms with Gasteiger partial charge in [0, 0.05) is 11.1 Å². The molecular weight excluding hydrogens is 496 g/mol. The van der Waals surface area contributed by atoms with Crippen molar-refractivity contribution < 1.29 is 24.2 Å². The summed E-state index contributed by atoms with van der Waals surface area (Å²) in [5.74, 6) is -0.0885. The molecule has 2 amide bonds. The van der Waals surface area contributed by atoms with Crippen LogP contribution in [0.2, 0.25) is 0 Å². The Morgan fingerprint density at radius 2 is 1.82 bits per heavy atom. The summed E-state index contributed by atoms with van der Waals surface area (Å²) >= 11 is 0. The molecule has 0 aliphatic carbocycles. The first-order chi connectivity index (χ1) is 18.6. The van der Waals surface area contributed by atoms with Gasteiger partial charge >= 0.3 is 6.09 Å². The third kappa shape index (κ3) is 8.01. The number of nitriles is 1. The normalized spacial score (nSPS) is 11.8. The lowest BCUT2D eigenvalue weighted by Crippen LogP contribution is -2.29. The van der Waals surface area contributed by atoms with Gasteiger partial charge in [0.2, 0.25) is 5.91 Å². The molecule has 0 radical (unpaired) electrons. The molecule has 0 saturated carbocycles. The average Bonchev–Trinajstić information content (AvgIpc) is 2.91. The summed E-state index contributed by atoms with van der Waals surface area (Å²) in [6, 6.07) is 20.3. The molecule has 0 aliphatic heterocycles. The number of hydrogen-bond donors (Lipinski definition) is 4. The minimum atomic E-state index is -0.751. The van der Waals surface area contributed by atoms with Gasteiger partial charge in [-0.3, -0.25) is 10.1 Å². The van der Waals surface area contributed by atoms with Crippen LogP contribution in [0.25, 0.3) is 0 Å². The smallest absolute Gasteiger partial charge is 0.412 e. The number of anilines is 3. The Balaban J connectivity index is 1.72. The number of rotatable bonds is 10. The van der Waals surface area contributed by atoms with Crippen LogP contribution in [-0.4, -0.2) is 24.2 Å². The number of methoxy groups -OCH3 is 1. The van der Waals surface area contributed by atoms with Crippen molar-refractivity contribution in [1.82, 2.24) is 0 Å². The molecule has 3 aromatic rings. The van der Waals surface area contributed by atoms with Crippen LogP contribution in [0.15, 0.2) is 78.9 Å². The number of nitrogens with two attached hydrogens (primary N) is 1. The number of nitrogen functional groups attached to an aromatic ring is 1. The molecule has 0 heterocycles. The second-order valence-electron chi connectivity index (χ2n) is 9.54. The summed E-state index contributed by atoms with van der Waals surface area (Å²) in [4.78, 5) is 25.2. The van der Waals surface area contributed by atoms with Gasteiger partial charge in [-0.1, -0.05) is 38.1 Å². The zero-order valence-corrected chi connectivity index (χ0v) is 22.1. The lowest BCUT2D eigenvalue weighted by molar-refractivity contribution is -0.111. The number of amides is 2. The molecule has 39 heavy (non-hydrogen) atoms. The van der Waals surface area contributed by atoms with Crippen LogP contribution in [0.3, 0.4) is 0 Å². The van der Waals surface area contributed by atoms with Crippen molar-refractivity contribution in [1.29, 1.82) is 5.26 Å². The fraction of sp³-hybridized carbons (Fsp3) is 0.233. The number of hydrogen-bond acceptors (Lipinski definition) is 7. The summed E-state index contributed by atoms with van der Waals surface area (Å²) in [5, 5.41) is 24.8. The van der Waals surface area contributed by atoms with E-state index in [4.69, 9.17) is 20.5 Å². The highest BCUT2D eigenvalue weighted by Crippen LogP contribution is 2.43. The highest BCUT2D eigenvalue weighted by atomic mass is 16.6. The second-order valence-corrected chi connectivity index (χ2v) is 9.54. The predicted octanol–water partition coefficient (Wildman–Crippen LogP) is 6.15. The maximum atomic E-state index is 12.9. The molecule has 0 bridgehead atoms. The average molecular weight is 529 g/mol. The van der Waals surface area contributed by atoms with Gasteiger partial charge in [-0.15, -0.1) is 0 Å². The van der Waals surface area contributed by atoms with E-state index in [1.807, 2.05) is 19.9 Å². The van der Waals surface area contributed by atoms with Gasteiger partial charge < -0.3 is 25.6 Å². The molecule has 0 fully saturated rings. The van der Waals surface area contributed by atoms with E-state index in [-0.39, 0.29) is 11.7 Å². The Hall–Kier alpha value is -4.97. The molecule has 202 valence electrons. The molecule has 9 heteroatoms. The summed E-state index contributed by atoms with van der Waals surface area (Å²) in [5.41, 5.74) is 7.80. The van der Waals surface area contributed by atoms with Crippen molar-refractivity contribution in [2.75, 3.05) is 23.5 Å². The van der Waals surface area contributed by atoms with Crippen LogP contribution in [0, 0.1) is 16.7 Å². The fourth-order valence-electron chi connectivity index (χ4n) is 3.99. The van der Waals surface area contributed by atoms with Gasteiger partial charge in [0.1, 0.15) is 6.10 Å². The number of phenols is 1. The molecule has 0 aromatic heterocycles. The zero-order valence-electron chi connectivity index (χ0n) is 22.1. The number of carbonyl (C=O) groups excluding carboxylic acids is 2. The number of phenolic OH excluding ortho intramolecular Hbond substituents is 1. The van der Waals surface area contributed by atoms with Gasteiger partial charge in [0.25, 0.3) is 0 Å². The number of carbonyl (C=O) groups is 2. The number of ether oxygens (including phenoxy) is 2. The number of nitrogens with zero attached hydrogens (tertiary/aromatic N) is 1. The number of aromatic hydroxyl groups is 1. The number of para-hydroxylation sites is 2. The van der Waals surface area contributed by atoms with Gasteiger partial charge in [-0.05, 0) is 73.0 Å². The number of benzene rings is 3. The molecule has 3 rings (SSSR count). The van der Waals surface area contributed by atoms with Gasteiger partial charge in [-0.2, -0.15) is 5.26 Å². The first-order valence-electron chi connectivity index (χ1n) is 12.3. The van der Waals surface area contributed by atoms with E-state index in [0.29, 0.717) is 46.8 Å². The molecule has 1 atom stereocenters. The van der Waals surface area contributed by atoms with Crippen molar-refractivity contribution >= 4 is 29.1 Å². The molecule has 0 unspecified atom stereocenters. The topological polar surface area (TPSA) is 147 Å². The first kappa shape index (κ1) is 28.6. The zero-order chi connectivity index (χ0) is 28.4. The van der Waals surface area contributed by atoms with E-state index in [1.54, 1.807) is 66.7 Å². The van der Waals surface area contributed by atoms with Crippen LogP contribution in [0.4, 0.5) is 21.9 Å². The third-order valence-electron chi connectivity index (χ3n) is 6.14. The number of allylic oxidation sites excluding steroid dienone is 1. The minimum Gasteiger partial charge on any atom is -0.504 e. The van der Waals surface area contributed by atoms with Crippen LogP contribution in [-0.2, 0) is 9.53 Å². The van der Waals surface area contributed by atoms with Gasteiger partial charge in [-0.25, -0.2) is 4.79 Å². The van der Waals surface area contributed by atoms with E-state index in [9.17, 15) is 14.7 Å². The molecule has 5 N–H and O–H groups in total. The highest BCUT2D eigenvalue weighted by molar-refractivity contribution is 6.01. The Morgan fingerprint density at radius 1 is 1.10 bits per heavy atom. The monoisotopic (exact) mass is 528 g/mol. The second kappa shape index (κ2) is 13.0. The van der Waals surface area contributed by atoms with E-state index < -0.39 is 17.6 Å². The summed E-state index contributed by atoms with van der Waals surface area (Å²) in [6.45, 7) is 3.87. The lowest BCUT2D eigenvalue weighted by atomic mass is 9.78. The maximum Gasteiger partial charge on any atom is 0.412 e. The van der Waals surface area contributed by atoms with E-state index in [2.05, 4.69) is 10.6 Å². The van der Waals surface area contributed by atoms with Crippen molar-refractivity contribution in [2.45, 2.75) is 32.8 Å². The van der Waals surface area contributed by atoms with Crippen LogP contribution in [0.5, 0.6) is 11.5 Å². The van der Waals surface area contributed by atoms with E-state index in [1.165, 1.54) is 19.3 Å². The summed E-state index contributed by atoms with van der Waals surface area (Å²) in [7, 11) is 1.45. The minimum absolute atomic E-state index is 0.0800. The molecule has 0 saturated heterocycles. The van der Waals surface area contributed by atoms with Gasteiger partial charge in [0.15, 0.2) is 11.5 Å². The molecule has 0 aliphatic rings. The summed E-state index contributed by atoms with van der Waals surface area (Å²) in [6.07, 6.45) is 2.81. The highest BCUT2D eigenvalue weighted by Gasteiger charge is 2.34. The van der Waals surface area contributed by atoms with Crippen LogP contribution in [0.1, 0.15) is 43.9 Å². The van der Waals surface area contributed by atoms with Crippen molar-refractivity contribution in [3.63, 3.8) is 0 Å². The van der Waals surface area contributed by atoms with Crippen molar-refractivity contribution in [3.8, 4) is 17.6 Å². The standard InChI is InChI=1S/C30H32N4O5/c1-30(2,17-7-6-10-27(36)34-24-9-5-4-8-23(24)32)28(21-13-16-26(38-3)25(35)18-21)39-29(37)33-22-14-11-20(19-31)12-15-22/h4-6,8-16,18,28,35H,7,17,32H2,1-3H3,(H,33,37)(H,34,36)/b10-6+/t28-/m0/s1. The van der Waals surface area contributed by atoms with Crippen LogP contribution >= 0.6 is 0 Å². The molecule has 9 nitrogen and oxygen atoms in total. The predicted molar refractivity (Wildman–Crippen MR) is 150 cm³/mol. The van der Waals surface area contributed by atoms with Crippen molar-refractivity contribution in [3.05, 3.63) is 90.0 Å². The maximum absolute atomic E-state index is 12.9.